The number of ether oxygens (including phenoxy) is 1. The summed E-state index contributed by atoms with van der Waals surface area (Å²) < 4.78 is 5.54. The van der Waals surface area contributed by atoms with E-state index in [2.05, 4.69) is 20.7 Å². The minimum absolute atomic E-state index is 0.240. The van der Waals surface area contributed by atoms with Gasteiger partial charge in [0.15, 0.2) is 0 Å². The highest BCUT2D eigenvalue weighted by molar-refractivity contribution is 9.10. The summed E-state index contributed by atoms with van der Waals surface area (Å²) in [7, 11) is 1.38. The zero-order valence-electron chi connectivity index (χ0n) is 7.92. The second-order valence-corrected chi connectivity index (χ2v) is 3.74. The van der Waals surface area contributed by atoms with Gasteiger partial charge in [-0.3, -0.25) is 4.79 Å². The molecule has 0 fully saturated rings. The molecule has 0 aliphatic rings. The van der Waals surface area contributed by atoms with Crippen LogP contribution in [0.4, 0.5) is 0 Å². The Morgan fingerprint density at radius 3 is 2.86 bits per heavy atom. The molecule has 1 aromatic carbocycles. The fourth-order valence-electron chi connectivity index (χ4n) is 1.13. The van der Waals surface area contributed by atoms with E-state index in [0.717, 1.165) is 15.6 Å². The number of benzene rings is 1. The van der Waals surface area contributed by atoms with E-state index in [-0.39, 0.29) is 12.4 Å². The summed E-state index contributed by atoms with van der Waals surface area (Å²) in [5, 5.41) is 0. The van der Waals surface area contributed by atoms with E-state index in [0.29, 0.717) is 6.54 Å². The minimum Gasteiger partial charge on any atom is -0.469 e. The molecule has 0 aliphatic heterocycles. The molecule has 0 saturated heterocycles. The summed E-state index contributed by atoms with van der Waals surface area (Å²) in [6.45, 7) is 0.454. The lowest BCUT2D eigenvalue weighted by Gasteiger charge is -2.04. The summed E-state index contributed by atoms with van der Waals surface area (Å²) in [6, 6.07) is 5.67. The SMILES string of the molecule is COC(=O)Cc1ccc(Br)c(CN)c1. The van der Waals surface area contributed by atoms with E-state index >= 15 is 0 Å². The number of esters is 1. The maximum atomic E-state index is 11.0. The Hall–Kier alpha value is -0.870. The van der Waals surface area contributed by atoms with E-state index in [1.165, 1.54) is 7.11 Å². The van der Waals surface area contributed by atoms with Gasteiger partial charge in [-0.25, -0.2) is 0 Å². The average molecular weight is 258 g/mol. The van der Waals surface area contributed by atoms with E-state index < -0.39 is 0 Å². The fourth-order valence-corrected chi connectivity index (χ4v) is 1.54. The van der Waals surface area contributed by atoms with Crippen LogP contribution in [0.5, 0.6) is 0 Å². The Labute approximate surface area is 91.4 Å². The normalized spacial score (nSPS) is 9.93. The van der Waals surface area contributed by atoms with Gasteiger partial charge in [-0.1, -0.05) is 28.1 Å². The monoisotopic (exact) mass is 257 g/mol. The highest BCUT2D eigenvalue weighted by Crippen LogP contribution is 2.18. The molecule has 4 heteroatoms. The van der Waals surface area contributed by atoms with Gasteiger partial charge in [0.05, 0.1) is 13.5 Å². The van der Waals surface area contributed by atoms with Crippen molar-refractivity contribution in [3.05, 3.63) is 33.8 Å². The number of nitrogens with two attached hydrogens (primary N) is 1. The fraction of sp³-hybridized carbons (Fsp3) is 0.300. The Bertz CT molecular complexity index is 339. The van der Waals surface area contributed by atoms with Gasteiger partial charge in [-0.15, -0.1) is 0 Å². The molecule has 0 unspecified atom stereocenters. The lowest BCUT2D eigenvalue weighted by atomic mass is 10.1. The van der Waals surface area contributed by atoms with Gasteiger partial charge >= 0.3 is 5.97 Å². The topological polar surface area (TPSA) is 52.3 Å². The summed E-state index contributed by atoms with van der Waals surface area (Å²) >= 11 is 3.38. The Morgan fingerprint density at radius 1 is 1.57 bits per heavy atom. The van der Waals surface area contributed by atoms with Crippen LogP contribution in [0.3, 0.4) is 0 Å². The number of carbonyl (C=O) groups excluding carboxylic acids is 1. The smallest absolute Gasteiger partial charge is 0.309 e. The van der Waals surface area contributed by atoms with Crippen molar-refractivity contribution < 1.29 is 9.53 Å². The molecular weight excluding hydrogens is 246 g/mol. The van der Waals surface area contributed by atoms with Gasteiger partial charge in [0, 0.05) is 11.0 Å². The van der Waals surface area contributed by atoms with Crippen molar-refractivity contribution in [2.45, 2.75) is 13.0 Å². The van der Waals surface area contributed by atoms with Crippen LogP contribution in [0.15, 0.2) is 22.7 Å². The van der Waals surface area contributed by atoms with Crippen molar-refractivity contribution in [2.24, 2.45) is 5.73 Å². The summed E-state index contributed by atoms with van der Waals surface area (Å²) in [5.41, 5.74) is 7.45. The summed E-state index contributed by atoms with van der Waals surface area (Å²) in [6.07, 6.45) is 0.288. The van der Waals surface area contributed by atoms with Crippen LogP contribution >= 0.6 is 15.9 Å². The maximum Gasteiger partial charge on any atom is 0.309 e. The quantitative estimate of drug-likeness (QED) is 0.838. The molecule has 0 spiro atoms. The number of halogens is 1. The molecule has 0 heterocycles. The predicted molar refractivity (Wildman–Crippen MR) is 57.8 cm³/mol. The van der Waals surface area contributed by atoms with Crippen LogP contribution in [-0.4, -0.2) is 13.1 Å². The first-order valence-electron chi connectivity index (χ1n) is 4.21. The lowest BCUT2D eigenvalue weighted by molar-refractivity contribution is -0.139. The standard InChI is InChI=1S/C10H12BrNO2/c1-14-10(13)5-7-2-3-9(11)8(4-7)6-12/h2-4H,5-6,12H2,1H3. The molecule has 3 nitrogen and oxygen atoms in total. The first kappa shape index (κ1) is 11.2. The number of rotatable bonds is 3. The molecule has 14 heavy (non-hydrogen) atoms. The number of methoxy groups -OCH3 is 1. The zero-order valence-corrected chi connectivity index (χ0v) is 9.50. The van der Waals surface area contributed by atoms with Crippen molar-refractivity contribution in [1.29, 1.82) is 0 Å². The Balaban J connectivity index is 2.84. The van der Waals surface area contributed by atoms with Crippen LogP contribution in [-0.2, 0) is 22.5 Å². The van der Waals surface area contributed by atoms with Gasteiger partial charge in [0.1, 0.15) is 0 Å². The molecule has 0 amide bonds. The second-order valence-electron chi connectivity index (χ2n) is 2.88. The molecule has 0 aromatic heterocycles. The molecule has 1 rings (SSSR count). The molecule has 0 saturated carbocycles. The molecule has 0 bridgehead atoms. The Morgan fingerprint density at radius 2 is 2.29 bits per heavy atom. The largest absolute Gasteiger partial charge is 0.469 e. The van der Waals surface area contributed by atoms with Crippen LogP contribution in [0.2, 0.25) is 0 Å². The first-order valence-corrected chi connectivity index (χ1v) is 5.01. The zero-order chi connectivity index (χ0) is 10.6. The Kier molecular flexibility index (Phi) is 4.10. The highest BCUT2D eigenvalue weighted by atomic mass is 79.9. The van der Waals surface area contributed by atoms with E-state index in [9.17, 15) is 4.79 Å². The highest BCUT2D eigenvalue weighted by Gasteiger charge is 2.05. The van der Waals surface area contributed by atoms with Crippen molar-refractivity contribution in [3.8, 4) is 0 Å². The third kappa shape index (κ3) is 2.82. The molecular formula is C10H12BrNO2. The molecule has 0 atom stereocenters. The van der Waals surface area contributed by atoms with Crippen molar-refractivity contribution >= 4 is 21.9 Å². The van der Waals surface area contributed by atoms with Gasteiger partial charge in [0.25, 0.3) is 0 Å². The van der Waals surface area contributed by atoms with Crippen LogP contribution in [0.1, 0.15) is 11.1 Å². The molecule has 0 radical (unpaired) electrons. The van der Waals surface area contributed by atoms with Gasteiger partial charge in [-0.2, -0.15) is 0 Å². The van der Waals surface area contributed by atoms with Crippen molar-refractivity contribution in [1.82, 2.24) is 0 Å². The second kappa shape index (κ2) is 5.12. The summed E-state index contributed by atoms with van der Waals surface area (Å²) in [5.74, 6) is -0.240. The van der Waals surface area contributed by atoms with Gasteiger partial charge < -0.3 is 10.5 Å². The van der Waals surface area contributed by atoms with Gasteiger partial charge in [0.2, 0.25) is 0 Å². The molecule has 76 valence electrons. The first-order chi connectivity index (χ1) is 6.67. The lowest BCUT2D eigenvalue weighted by Crippen LogP contribution is -2.06. The number of hydrogen-bond acceptors (Lipinski definition) is 3. The van der Waals surface area contributed by atoms with Gasteiger partial charge in [-0.05, 0) is 17.2 Å². The molecule has 0 aliphatic carbocycles. The number of carbonyl (C=O) groups is 1. The van der Waals surface area contributed by atoms with Crippen LogP contribution in [0, 0.1) is 0 Å². The van der Waals surface area contributed by atoms with E-state index in [1.54, 1.807) is 0 Å². The van der Waals surface area contributed by atoms with E-state index in [1.807, 2.05) is 18.2 Å². The van der Waals surface area contributed by atoms with E-state index in [4.69, 9.17) is 5.73 Å². The molecule has 2 N–H and O–H groups in total. The van der Waals surface area contributed by atoms with Crippen molar-refractivity contribution in [3.63, 3.8) is 0 Å². The third-order valence-electron chi connectivity index (χ3n) is 1.91. The van der Waals surface area contributed by atoms with Crippen LogP contribution < -0.4 is 5.73 Å². The minimum atomic E-state index is -0.240. The maximum absolute atomic E-state index is 11.0. The van der Waals surface area contributed by atoms with Crippen molar-refractivity contribution in [2.75, 3.05) is 7.11 Å². The number of hydrogen-bond donors (Lipinski definition) is 1. The third-order valence-corrected chi connectivity index (χ3v) is 2.68. The predicted octanol–water partition coefficient (Wildman–Crippen LogP) is 1.62. The average Bonchev–Trinajstić information content (AvgIpc) is 2.20. The molecule has 1 aromatic rings. The van der Waals surface area contributed by atoms with Crippen LogP contribution in [0.25, 0.3) is 0 Å². The summed E-state index contributed by atoms with van der Waals surface area (Å²) in [4.78, 5) is 11.0.